The molecule has 2 rings (SSSR count). The second-order valence-electron chi connectivity index (χ2n) is 4.04. The Morgan fingerprint density at radius 2 is 2.11 bits per heavy atom. The van der Waals surface area contributed by atoms with Crippen molar-refractivity contribution in [3.05, 3.63) is 46.1 Å². The Balaban J connectivity index is 2.43. The van der Waals surface area contributed by atoms with E-state index in [1.807, 2.05) is 25.1 Å². The lowest BCUT2D eigenvalue weighted by Crippen LogP contribution is -2.06. The predicted molar refractivity (Wildman–Crippen MR) is 77.8 cm³/mol. The molecular weight excluding hydrogens is 310 g/mol. The number of halogens is 1. The second-order valence-corrected chi connectivity index (χ2v) is 4.96. The lowest BCUT2D eigenvalue weighted by Gasteiger charge is -2.12. The van der Waals surface area contributed by atoms with Crippen molar-refractivity contribution in [2.24, 2.45) is 0 Å². The molecule has 0 radical (unpaired) electrons. The van der Waals surface area contributed by atoms with Gasteiger partial charge in [0.1, 0.15) is 5.82 Å². The SMILES string of the molecule is Cc1ccc(Br)cc1Nc1cnc(N)cc1C(=O)O. The Hall–Kier alpha value is -2.08. The molecule has 0 saturated carbocycles. The summed E-state index contributed by atoms with van der Waals surface area (Å²) in [6, 6.07) is 7.05. The first-order valence-corrected chi connectivity index (χ1v) is 6.28. The molecule has 4 N–H and O–H groups in total. The summed E-state index contributed by atoms with van der Waals surface area (Å²) in [5, 5.41) is 12.2. The minimum atomic E-state index is -1.05. The summed E-state index contributed by atoms with van der Waals surface area (Å²) in [5.41, 5.74) is 7.80. The number of carbonyl (C=O) groups is 1. The fraction of sp³-hybridized carbons (Fsp3) is 0.0769. The monoisotopic (exact) mass is 321 g/mol. The molecule has 98 valence electrons. The zero-order valence-corrected chi connectivity index (χ0v) is 11.7. The Labute approximate surface area is 118 Å². The molecule has 0 amide bonds. The summed E-state index contributed by atoms with van der Waals surface area (Å²) in [7, 11) is 0. The first-order chi connectivity index (χ1) is 8.97. The van der Waals surface area contributed by atoms with Crippen LogP contribution in [0.15, 0.2) is 34.9 Å². The Bertz CT molecular complexity index is 644. The van der Waals surface area contributed by atoms with Crippen LogP contribution >= 0.6 is 15.9 Å². The third-order valence-corrected chi connectivity index (χ3v) is 3.12. The van der Waals surface area contributed by atoms with Gasteiger partial charge in [-0.2, -0.15) is 0 Å². The molecule has 19 heavy (non-hydrogen) atoms. The molecular formula is C13H12BrN3O2. The number of hydrogen-bond donors (Lipinski definition) is 3. The van der Waals surface area contributed by atoms with Gasteiger partial charge >= 0.3 is 5.97 Å². The van der Waals surface area contributed by atoms with Gasteiger partial charge in [-0.25, -0.2) is 9.78 Å². The summed E-state index contributed by atoms with van der Waals surface area (Å²) < 4.78 is 0.904. The molecule has 0 aliphatic carbocycles. The molecule has 0 aliphatic rings. The van der Waals surface area contributed by atoms with Gasteiger partial charge < -0.3 is 16.2 Å². The summed E-state index contributed by atoms with van der Waals surface area (Å²) in [5.74, 6) is -0.877. The molecule has 0 atom stereocenters. The van der Waals surface area contributed by atoms with Gasteiger partial charge in [0.05, 0.1) is 17.4 Å². The Kier molecular flexibility index (Phi) is 3.71. The maximum atomic E-state index is 11.2. The van der Waals surface area contributed by atoms with Crippen molar-refractivity contribution in [1.29, 1.82) is 0 Å². The van der Waals surface area contributed by atoms with Gasteiger partial charge in [-0.05, 0) is 30.7 Å². The standard InChI is InChI=1S/C13H12BrN3O2/c1-7-2-3-8(14)4-10(7)17-11-6-16-12(15)5-9(11)13(18)19/h2-6,17H,1H3,(H2,15,16)(H,18,19). The highest BCUT2D eigenvalue weighted by molar-refractivity contribution is 9.10. The van der Waals surface area contributed by atoms with E-state index in [0.29, 0.717) is 5.69 Å². The molecule has 0 fully saturated rings. The number of pyridine rings is 1. The molecule has 1 aromatic heterocycles. The molecule has 2 aromatic rings. The van der Waals surface area contributed by atoms with E-state index in [4.69, 9.17) is 10.8 Å². The Morgan fingerprint density at radius 3 is 2.79 bits per heavy atom. The zero-order valence-electron chi connectivity index (χ0n) is 10.1. The maximum Gasteiger partial charge on any atom is 0.338 e. The number of aromatic nitrogens is 1. The van der Waals surface area contributed by atoms with Gasteiger partial charge in [-0.3, -0.25) is 0 Å². The van der Waals surface area contributed by atoms with Crippen LogP contribution in [0.5, 0.6) is 0 Å². The fourth-order valence-electron chi connectivity index (χ4n) is 1.62. The van der Waals surface area contributed by atoms with E-state index in [-0.39, 0.29) is 11.4 Å². The van der Waals surface area contributed by atoms with Crippen molar-refractivity contribution < 1.29 is 9.90 Å². The number of nitrogens with zero attached hydrogens (tertiary/aromatic N) is 1. The lowest BCUT2D eigenvalue weighted by molar-refractivity contribution is 0.0698. The van der Waals surface area contributed by atoms with Crippen LogP contribution in [0.25, 0.3) is 0 Å². The summed E-state index contributed by atoms with van der Waals surface area (Å²) >= 11 is 3.38. The van der Waals surface area contributed by atoms with E-state index in [1.165, 1.54) is 12.3 Å². The Morgan fingerprint density at radius 1 is 1.37 bits per heavy atom. The van der Waals surface area contributed by atoms with Crippen LogP contribution < -0.4 is 11.1 Å². The molecule has 0 unspecified atom stereocenters. The minimum absolute atomic E-state index is 0.0897. The normalized spacial score (nSPS) is 10.2. The third-order valence-electron chi connectivity index (χ3n) is 2.62. The van der Waals surface area contributed by atoms with Crippen LogP contribution in [-0.4, -0.2) is 16.1 Å². The number of aromatic carboxylic acids is 1. The van der Waals surface area contributed by atoms with E-state index >= 15 is 0 Å². The highest BCUT2D eigenvalue weighted by atomic mass is 79.9. The molecule has 1 heterocycles. The van der Waals surface area contributed by atoms with Crippen molar-refractivity contribution in [2.45, 2.75) is 6.92 Å². The lowest BCUT2D eigenvalue weighted by atomic mass is 10.1. The molecule has 0 aliphatic heterocycles. The van der Waals surface area contributed by atoms with Crippen molar-refractivity contribution in [3.8, 4) is 0 Å². The minimum Gasteiger partial charge on any atom is -0.478 e. The molecule has 0 saturated heterocycles. The highest BCUT2D eigenvalue weighted by Gasteiger charge is 2.12. The van der Waals surface area contributed by atoms with Gasteiger partial charge in [0.2, 0.25) is 0 Å². The zero-order chi connectivity index (χ0) is 14.0. The number of carboxylic acid groups (broad SMARTS) is 1. The molecule has 5 nitrogen and oxygen atoms in total. The van der Waals surface area contributed by atoms with E-state index < -0.39 is 5.97 Å². The van der Waals surface area contributed by atoms with Crippen LogP contribution in [0, 0.1) is 6.92 Å². The predicted octanol–water partition coefficient (Wildman–Crippen LogP) is 3.18. The van der Waals surface area contributed by atoms with Crippen LogP contribution in [0.3, 0.4) is 0 Å². The number of anilines is 3. The quantitative estimate of drug-likeness (QED) is 0.808. The fourth-order valence-corrected chi connectivity index (χ4v) is 1.98. The average Bonchev–Trinajstić information content (AvgIpc) is 2.35. The van der Waals surface area contributed by atoms with Crippen molar-refractivity contribution in [1.82, 2.24) is 4.98 Å². The number of aryl methyl sites for hydroxylation is 1. The first kappa shape index (κ1) is 13.4. The highest BCUT2D eigenvalue weighted by Crippen LogP contribution is 2.26. The number of rotatable bonds is 3. The van der Waals surface area contributed by atoms with E-state index in [2.05, 4.69) is 26.2 Å². The van der Waals surface area contributed by atoms with E-state index in [1.54, 1.807) is 0 Å². The van der Waals surface area contributed by atoms with Crippen LogP contribution in [0.4, 0.5) is 17.2 Å². The van der Waals surface area contributed by atoms with Gasteiger partial charge in [-0.1, -0.05) is 22.0 Å². The molecule has 0 bridgehead atoms. The smallest absolute Gasteiger partial charge is 0.338 e. The number of carboxylic acids is 1. The summed E-state index contributed by atoms with van der Waals surface area (Å²) in [6.45, 7) is 1.93. The summed E-state index contributed by atoms with van der Waals surface area (Å²) in [4.78, 5) is 15.1. The van der Waals surface area contributed by atoms with Crippen molar-refractivity contribution in [3.63, 3.8) is 0 Å². The van der Waals surface area contributed by atoms with E-state index in [0.717, 1.165) is 15.7 Å². The topological polar surface area (TPSA) is 88.2 Å². The van der Waals surface area contributed by atoms with Gasteiger partial charge in [0, 0.05) is 10.2 Å². The van der Waals surface area contributed by atoms with Crippen LogP contribution in [-0.2, 0) is 0 Å². The largest absolute Gasteiger partial charge is 0.478 e. The van der Waals surface area contributed by atoms with Gasteiger partial charge in [-0.15, -0.1) is 0 Å². The van der Waals surface area contributed by atoms with Crippen LogP contribution in [0.1, 0.15) is 15.9 Å². The van der Waals surface area contributed by atoms with Crippen molar-refractivity contribution >= 4 is 39.1 Å². The van der Waals surface area contributed by atoms with Gasteiger partial charge in [0.15, 0.2) is 0 Å². The number of nitrogens with one attached hydrogen (secondary N) is 1. The maximum absolute atomic E-state index is 11.2. The first-order valence-electron chi connectivity index (χ1n) is 5.49. The third kappa shape index (κ3) is 3.03. The van der Waals surface area contributed by atoms with Crippen molar-refractivity contribution in [2.75, 3.05) is 11.1 Å². The molecule has 0 spiro atoms. The van der Waals surface area contributed by atoms with Crippen LogP contribution in [0.2, 0.25) is 0 Å². The van der Waals surface area contributed by atoms with Gasteiger partial charge in [0.25, 0.3) is 0 Å². The number of nitrogen functional groups attached to an aromatic ring is 1. The van der Waals surface area contributed by atoms with E-state index in [9.17, 15) is 4.79 Å². The average molecular weight is 322 g/mol. The molecule has 1 aromatic carbocycles. The second kappa shape index (κ2) is 5.27. The number of benzene rings is 1. The molecule has 6 heteroatoms. The number of hydrogen-bond acceptors (Lipinski definition) is 4. The summed E-state index contributed by atoms with van der Waals surface area (Å²) in [6.07, 6.45) is 1.42. The number of nitrogens with two attached hydrogens (primary N) is 1.